The van der Waals surface area contributed by atoms with Crippen LogP contribution in [0.3, 0.4) is 0 Å². The van der Waals surface area contributed by atoms with Crippen molar-refractivity contribution in [2.75, 3.05) is 53.1 Å². The molecule has 1 aromatic carbocycles. The van der Waals surface area contributed by atoms with E-state index in [9.17, 15) is 0 Å². The molecule has 0 aliphatic carbocycles. The third kappa shape index (κ3) is 10.5. The number of halogens is 1. The van der Waals surface area contributed by atoms with Crippen LogP contribution in [0.1, 0.15) is 50.7 Å². The minimum atomic E-state index is 0. The molecule has 1 aromatic rings. The topological polar surface area (TPSA) is 58.1 Å². The van der Waals surface area contributed by atoms with Crippen molar-refractivity contribution in [2.45, 2.75) is 52.6 Å². The van der Waals surface area contributed by atoms with E-state index in [0.717, 1.165) is 83.1 Å². The van der Waals surface area contributed by atoms with Crippen molar-refractivity contribution < 1.29 is 9.47 Å². The predicted molar refractivity (Wildman–Crippen MR) is 147 cm³/mol. The molecule has 2 N–H and O–H groups in total. The summed E-state index contributed by atoms with van der Waals surface area (Å²) in [4.78, 5) is 7.01. The van der Waals surface area contributed by atoms with Crippen LogP contribution >= 0.6 is 24.0 Å². The molecule has 2 heterocycles. The fourth-order valence-corrected chi connectivity index (χ4v) is 4.99. The van der Waals surface area contributed by atoms with Gasteiger partial charge in [0.1, 0.15) is 0 Å². The maximum absolute atomic E-state index is 5.86. The summed E-state index contributed by atoms with van der Waals surface area (Å²) in [5.74, 6) is 3.09. The highest BCUT2D eigenvalue weighted by Crippen LogP contribution is 2.23. The van der Waals surface area contributed by atoms with Crippen LogP contribution in [0.2, 0.25) is 0 Å². The summed E-state index contributed by atoms with van der Waals surface area (Å²) >= 11 is 0. The van der Waals surface area contributed by atoms with Crippen molar-refractivity contribution in [3.05, 3.63) is 35.4 Å². The van der Waals surface area contributed by atoms with Crippen molar-refractivity contribution in [1.29, 1.82) is 0 Å². The second-order valence-corrected chi connectivity index (χ2v) is 9.75. The number of hydrogen-bond acceptors (Lipinski definition) is 4. The molecule has 0 radical (unpaired) electrons. The summed E-state index contributed by atoms with van der Waals surface area (Å²) < 4.78 is 11.3. The van der Waals surface area contributed by atoms with Gasteiger partial charge in [-0.25, -0.2) is 0 Å². The molecular formula is C26H45IN4O2. The number of rotatable bonds is 10. The van der Waals surface area contributed by atoms with E-state index in [1.165, 1.54) is 30.6 Å². The first-order chi connectivity index (χ1) is 15.6. The molecule has 0 saturated carbocycles. The SMILES string of the molecule is CN=C(NCCCOCC1CCOCC1)NCc1ccccc1CN1CC(C)CC(C)C1.I. The van der Waals surface area contributed by atoms with E-state index in [-0.39, 0.29) is 24.0 Å². The van der Waals surface area contributed by atoms with Gasteiger partial charge in [0, 0.05) is 66.2 Å². The van der Waals surface area contributed by atoms with E-state index in [1.54, 1.807) is 0 Å². The average molecular weight is 573 g/mol. The van der Waals surface area contributed by atoms with Crippen molar-refractivity contribution in [3.8, 4) is 0 Å². The number of ether oxygens (including phenoxy) is 2. The molecule has 0 spiro atoms. The van der Waals surface area contributed by atoms with Crippen LogP contribution in [0.5, 0.6) is 0 Å². The molecule has 0 aromatic heterocycles. The van der Waals surface area contributed by atoms with Gasteiger partial charge >= 0.3 is 0 Å². The number of benzene rings is 1. The molecular weight excluding hydrogens is 527 g/mol. The lowest BCUT2D eigenvalue weighted by molar-refractivity contribution is 0.0203. The molecule has 6 nitrogen and oxygen atoms in total. The Hall–Kier alpha value is -0.900. The zero-order valence-electron chi connectivity index (χ0n) is 20.9. The molecule has 2 fully saturated rings. The molecule has 2 aliphatic rings. The third-order valence-electron chi connectivity index (χ3n) is 6.58. The lowest BCUT2D eigenvalue weighted by atomic mass is 9.91. The summed E-state index contributed by atoms with van der Waals surface area (Å²) in [5, 5.41) is 6.91. The van der Waals surface area contributed by atoms with Gasteiger partial charge in [0.2, 0.25) is 0 Å². The maximum atomic E-state index is 5.86. The van der Waals surface area contributed by atoms with Crippen LogP contribution in [-0.2, 0) is 22.6 Å². The lowest BCUT2D eigenvalue weighted by Crippen LogP contribution is -2.39. The Labute approximate surface area is 218 Å². The fourth-order valence-electron chi connectivity index (χ4n) is 4.99. The molecule has 3 rings (SSSR count). The van der Waals surface area contributed by atoms with Crippen LogP contribution in [0.25, 0.3) is 0 Å². The van der Waals surface area contributed by atoms with Crippen LogP contribution < -0.4 is 10.6 Å². The number of guanidine groups is 1. The number of nitrogens with one attached hydrogen (secondary N) is 2. The number of piperidine rings is 1. The van der Waals surface area contributed by atoms with Gasteiger partial charge in [-0.2, -0.15) is 0 Å². The molecule has 188 valence electrons. The number of hydrogen-bond donors (Lipinski definition) is 2. The summed E-state index contributed by atoms with van der Waals surface area (Å²) in [5.41, 5.74) is 2.76. The Morgan fingerprint density at radius 2 is 1.79 bits per heavy atom. The Kier molecular flexibility index (Phi) is 13.7. The first kappa shape index (κ1) is 28.3. The second kappa shape index (κ2) is 15.9. The highest BCUT2D eigenvalue weighted by molar-refractivity contribution is 14.0. The second-order valence-electron chi connectivity index (χ2n) is 9.75. The normalized spacial score (nSPS) is 22.6. The van der Waals surface area contributed by atoms with Crippen LogP contribution in [0.15, 0.2) is 29.3 Å². The number of nitrogens with zero attached hydrogens (tertiary/aromatic N) is 2. The first-order valence-electron chi connectivity index (χ1n) is 12.5. The van der Waals surface area contributed by atoms with Gasteiger partial charge in [0.15, 0.2) is 5.96 Å². The summed E-state index contributed by atoms with van der Waals surface area (Å²) in [6.07, 6.45) is 4.59. The Balaban J connectivity index is 0.00000385. The van der Waals surface area contributed by atoms with Crippen molar-refractivity contribution in [1.82, 2.24) is 15.5 Å². The van der Waals surface area contributed by atoms with Gasteiger partial charge in [-0.3, -0.25) is 9.89 Å². The van der Waals surface area contributed by atoms with Gasteiger partial charge < -0.3 is 20.1 Å². The zero-order chi connectivity index (χ0) is 22.6. The van der Waals surface area contributed by atoms with E-state index in [0.29, 0.717) is 5.92 Å². The Morgan fingerprint density at radius 3 is 2.48 bits per heavy atom. The molecule has 33 heavy (non-hydrogen) atoms. The lowest BCUT2D eigenvalue weighted by Gasteiger charge is -2.35. The minimum absolute atomic E-state index is 0. The summed E-state index contributed by atoms with van der Waals surface area (Å²) in [6, 6.07) is 8.79. The van der Waals surface area contributed by atoms with Crippen molar-refractivity contribution in [3.63, 3.8) is 0 Å². The monoisotopic (exact) mass is 572 g/mol. The van der Waals surface area contributed by atoms with E-state index < -0.39 is 0 Å². The molecule has 7 heteroatoms. The highest BCUT2D eigenvalue weighted by atomic mass is 127. The number of likely N-dealkylation sites (tertiary alicyclic amines) is 1. The molecule has 2 aliphatic heterocycles. The number of aliphatic imine (C=N–C) groups is 1. The average Bonchev–Trinajstić information content (AvgIpc) is 2.79. The molecule has 0 amide bonds. The molecule has 2 unspecified atom stereocenters. The minimum Gasteiger partial charge on any atom is -0.381 e. The van der Waals surface area contributed by atoms with E-state index in [1.807, 2.05) is 7.05 Å². The van der Waals surface area contributed by atoms with E-state index in [4.69, 9.17) is 9.47 Å². The zero-order valence-corrected chi connectivity index (χ0v) is 23.2. The predicted octanol–water partition coefficient (Wildman–Crippen LogP) is 4.28. The maximum Gasteiger partial charge on any atom is 0.191 e. The molecule has 0 bridgehead atoms. The van der Waals surface area contributed by atoms with Gasteiger partial charge in [-0.05, 0) is 54.6 Å². The van der Waals surface area contributed by atoms with Crippen molar-refractivity contribution >= 4 is 29.9 Å². The summed E-state index contributed by atoms with van der Waals surface area (Å²) in [6.45, 7) is 13.3. The van der Waals surface area contributed by atoms with E-state index in [2.05, 4.69) is 58.6 Å². The van der Waals surface area contributed by atoms with Crippen LogP contribution in [0.4, 0.5) is 0 Å². The van der Waals surface area contributed by atoms with Crippen LogP contribution in [0, 0.1) is 17.8 Å². The smallest absolute Gasteiger partial charge is 0.191 e. The van der Waals surface area contributed by atoms with Gasteiger partial charge in [0.05, 0.1) is 0 Å². The van der Waals surface area contributed by atoms with Gasteiger partial charge in [-0.1, -0.05) is 38.1 Å². The van der Waals surface area contributed by atoms with Gasteiger partial charge in [0.25, 0.3) is 0 Å². The van der Waals surface area contributed by atoms with Crippen molar-refractivity contribution in [2.24, 2.45) is 22.7 Å². The van der Waals surface area contributed by atoms with Crippen LogP contribution in [-0.4, -0.2) is 64.0 Å². The van der Waals surface area contributed by atoms with E-state index >= 15 is 0 Å². The Morgan fingerprint density at radius 1 is 1.09 bits per heavy atom. The first-order valence-corrected chi connectivity index (χ1v) is 12.5. The molecule has 2 atom stereocenters. The largest absolute Gasteiger partial charge is 0.381 e. The quantitative estimate of drug-likeness (QED) is 0.190. The third-order valence-corrected chi connectivity index (χ3v) is 6.58. The molecule has 2 saturated heterocycles. The Bertz CT molecular complexity index is 687. The fraction of sp³-hybridized carbons (Fsp3) is 0.731. The standard InChI is InChI=1S/C26H44N4O2.HI/c1-21-15-22(2)18-30(17-21)19-25-8-5-4-7-24(25)16-29-26(27-3)28-11-6-12-32-20-23-9-13-31-14-10-23;/h4-5,7-8,21-23H,6,9-20H2,1-3H3,(H2,27,28,29);1H. The summed E-state index contributed by atoms with van der Waals surface area (Å²) in [7, 11) is 1.83. The highest BCUT2D eigenvalue weighted by Gasteiger charge is 2.22. The van der Waals surface area contributed by atoms with Gasteiger partial charge in [-0.15, -0.1) is 24.0 Å².